The Kier molecular flexibility index (Phi) is 6.32. The number of aliphatic hydroxyl groups is 1. The van der Waals surface area contributed by atoms with E-state index >= 15 is 0 Å². The molecule has 5 heteroatoms. The van der Waals surface area contributed by atoms with Gasteiger partial charge in [-0.3, -0.25) is 4.72 Å². The second-order valence-corrected chi connectivity index (χ2v) is 9.34. The van der Waals surface area contributed by atoms with Crippen LogP contribution in [0.5, 0.6) is 0 Å². The number of sulfonamides is 1. The molecule has 0 aliphatic heterocycles. The molecule has 1 unspecified atom stereocenters. The molecule has 0 heterocycles. The second-order valence-electron chi connectivity index (χ2n) is 7.66. The molecule has 4 aromatic rings. The van der Waals surface area contributed by atoms with Crippen molar-refractivity contribution in [1.82, 2.24) is 0 Å². The van der Waals surface area contributed by atoms with Crippen molar-refractivity contribution in [1.29, 1.82) is 0 Å². The van der Waals surface area contributed by atoms with Gasteiger partial charge in [0, 0.05) is 16.7 Å². The largest absolute Gasteiger partial charge is 0.369 e. The fourth-order valence-corrected chi connectivity index (χ4v) is 4.55. The third-order valence-electron chi connectivity index (χ3n) is 5.25. The summed E-state index contributed by atoms with van der Waals surface area (Å²) in [6.45, 7) is 1.89. The minimum atomic E-state index is -3.87. The van der Waals surface area contributed by atoms with E-state index < -0.39 is 15.6 Å². The van der Waals surface area contributed by atoms with Crippen molar-refractivity contribution in [3.63, 3.8) is 0 Å². The standard InChI is InChI=1S/C28H23NO3S/c1-22-16-18-25(19-17-22)33(31,32)29-27-15-9-8-14-26(27)28(30,24-12-6-3-7-13-24)21-20-23-10-4-2-5-11-23/h2-19,29-30H,1H3. The summed E-state index contributed by atoms with van der Waals surface area (Å²) < 4.78 is 28.8. The van der Waals surface area contributed by atoms with Crippen LogP contribution in [-0.2, 0) is 15.6 Å². The number of hydrogen-bond donors (Lipinski definition) is 2. The van der Waals surface area contributed by atoms with Crippen LogP contribution in [-0.4, -0.2) is 13.5 Å². The van der Waals surface area contributed by atoms with Crippen LogP contribution in [0.25, 0.3) is 0 Å². The molecule has 0 spiro atoms. The number of hydrogen-bond acceptors (Lipinski definition) is 3. The lowest BCUT2D eigenvalue weighted by molar-refractivity contribution is 0.146. The van der Waals surface area contributed by atoms with E-state index in [0.29, 0.717) is 11.1 Å². The van der Waals surface area contributed by atoms with Crippen molar-refractivity contribution in [3.05, 3.63) is 131 Å². The Bertz CT molecular complexity index is 1400. The summed E-state index contributed by atoms with van der Waals surface area (Å²) in [6.07, 6.45) is 0. The van der Waals surface area contributed by atoms with Gasteiger partial charge in [0.15, 0.2) is 5.60 Å². The Morgan fingerprint density at radius 3 is 2.00 bits per heavy atom. The third kappa shape index (κ3) is 4.98. The SMILES string of the molecule is Cc1ccc(S(=O)(=O)Nc2ccccc2C(O)(C#Cc2ccccc2)c2ccccc2)cc1. The number of anilines is 1. The van der Waals surface area contributed by atoms with E-state index in [1.165, 1.54) is 0 Å². The van der Waals surface area contributed by atoms with Gasteiger partial charge in [-0.2, -0.15) is 0 Å². The summed E-state index contributed by atoms with van der Waals surface area (Å²) in [5, 5.41) is 11.9. The molecule has 4 rings (SSSR count). The van der Waals surface area contributed by atoms with Crippen molar-refractivity contribution in [2.45, 2.75) is 17.4 Å². The van der Waals surface area contributed by atoms with Crippen LogP contribution in [0.4, 0.5) is 5.69 Å². The molecule has 0 bridgehead atoms. The lowest BCUT2D eigenvalue weighted by atomic mass is 9.85. The van der Waals surface area contributed by atoms with Gasteiger partial charge in [-0.15, -0.1) is 0 Å². The van der Waals surface area contributed by atoms with E-state index in [4.69, 9.17) is 0 Å². The van der Waals surface area contributed by atoms with Crippen molar-refractivity contribution < 1.29 is 13.5 Å². The summed E-state index contributed by atoms with van der Waals surface area (Å²) in [5.74, 6) is 6.02. The minimum Gasteiger partial charge on any atom is -0.369 e. The number of aryl methyl sites for hydroxylation is 1. The van der Waals surface area contributed by atoms with Crippen LogP contribution in [0.1, 0.15) is 22.3 Å². The highest BCUT2D eigenvalue weighted by Gasteiger charge is 2.33. The zero-order valence-corrected chi connectivity index (χ0v) is 18.9. The molecule has 164 valence electrons. The Hall–Kier alpha value is -3.85. The molecule has 4 nitrogen and oxygen atoms in total. The van der Waals surface area contributed by atoms with E-state index in [1.807, 2.05) is 55.5 Å². The van der Waals surface area contributed by atoms with E-state index in [-0.39, 0.29) is 10.6 Å². The first kappa shape index (κ1) is 22.3. The van der Waals surface area contributed by atoms with Crippen LogP contribution in [0.3, 0.4) is 0 Å². The molecule has 0 aliphatic carbocycles. The molecule has 0 fully saturated rings. The monoisotopic (exact) mass is 453 g/mol. The normalized spacial score (nSPS) is 12.8. The molecule has 0 radical (unpaired) electrons. The molecule has 0 aliphatic rings. The van der Waals surface area contributed by atoms with E-state index in [1.54, 1.807) is 60.7 Å². The maximum absolute atomic E-state index is 13.1. The number of rotatable bonds is 5. The van der Waals surface area contributed by atoms with Crippen LogP contribution >= 0.6 is 0 Å². The molecule has 0 amide bonds. The molecule has 4 aromatic carbocycles. The second kappa shape index (κ2) is 9.33. The van der Waals surface area contributed by atoms with E-state index in [2.05, 4.69) is 16.6 Å². The van der Waals surface area contributed by atoms with Gasteiger partial charge in [-0.1, -0.05) is 96.3 Å². The first-order chi connectivity index (χ1) is 15.9. The molecule has 2 N–H and O–H groups in total. The Morgan fingerprint density at radius 1 is 0.758 bits per heavy atom. The summed E-state index contributed by atoms with van der Waals surface area (Å²) in [5.41, 5.74) is 1.09. The lowest BCUT2D eigenvalue weighted by Crippen LogP contribution is -2.27. The summed E-state index contributed by atoms with van der Waals surface area (Å²) >= 11 is 0. The van der Waals surface area contributed by atoms with Crippen LogP contribution in [0.2, 0.25) is 0 Å². The molecule has 0 saturated heterocycles. The molecule has 1 atom stereocenters. The van der Waals surface area contributed by atoms with Gasteiger partial charge < -0.3 is 5.11 Å². The zero-order valence-electron chi connectivity index (χ0n) is 18.1. The highest BCUT2D eigenvalue weighted by atomic mass is 32.2. The summed E-state index contributed by atoms with van der Waals surface area (Å²) in [4.78, 5) is 0.140. The van der Waals surface area contributed by atoms with Gasteiger partial charge in [0.1, 0.15) is 0 Å². The summed E-state index contributed by atoms with van der Waals surface area (Å²) in [7, 11) is -3.87. The summed E-state index contributed by atoms with van der Waals surface area (Å²) in [6, 6.07) is 31.7. The highest BCUT2D eigenvalue weighted by molar-refractivity contribution is 7.92. The molecular weight excluding hydrogens is 430 g/mol. The predicted octanol–water partition coefficient (Wildman–Crippen LogP) is 5.08. The number of benzene rings is 4. The maximum atomic E-state index is 13.1. The van der Waals surface area contributed by atoms with Crippen molar-refractivity contribution >= 4 is 15.7 Å². The first-order valence-electron chi connectivity index (χ1n) is 10.4. The fourth-order valence-electron chi connectivity index (χ4n) is 3.47. The van der Waals surface area contributed by atoms with Crippen molar-refractivity contribution in [3.8, 4) is 11.8 Å². The van der Waals surface area contributed by atoms with Crippen molar-refractivity contribution in [2.24, 2.45) is 0 Å². The van der Waals surface area contributed by atoms with E-state index in [0.717, 1.165) is 11.1 Å². The van der Waals surface area contributed by atoms with Crippen molar-refractivity contribution in [2.75, 3.05) is 4.72 Å². The average Bonchev–Trinajstić information content (AvgIpc) is 2.84. The van der Waals surface area contributed by atoms with Crippen LogP contribution in [0, 0.1) is 18.8 Å². The van der Waals surface area contributed by atoms with E-state index in [9.17, 15) is 13.5 Å². The molecule has 33 heavy (non-hydrogen) atoms. The first-order valence-corrected chi connectivity index (χ1v) is 11.9. The Labute approximate surface area is 194 Å². The number of nitrogens with one attached hydrogen (secondary N) is 1. The van der Waals surface area contributed by atoms with Gasteiger partial charge in [0.2, 0.25) is 0 Å². The van der Waals surface area contributed by atoms with Crippen LogP contribution < -0.4 is 4.72 Å². The smallest absolute Gasteiger partial charge is 0.261 e. The molecule has 0 saturated carbocycles. The topological polar surface area (TPSA) is 66.4 Å². The average molecular weight is 454 g/mol. The van der Waals surface area contributed by atoms with Crippen LogP contribution in [0.15, 0.2) is 114 Å². The van der Waals surface area contributed by atoms with Gasteiger partial charge in [-0.05, 0) is 37.3 Å². The highest BCUT2D eigenvalue weighted by Crippen LogP contribution is 2.35. The molecule has 0 aromatic heterocycles. The van der Waals surface area contributed by atoms with Gasteiger partial charge >= 0.3 is 0 Å². The maximum Gasteiger partial charge on any atom is 0.261 e. The minimum absolute atomic E-state index is 0.140. The lowest BCUT2D eigenvalue weighted by Gasteiger charge is -2.26. The fraction of sp³-hybridized carbons (Fsp3) is 0.0714. The van der Waals surface area contributed by atoms with Gasteiger partial charge in [-0.25, -0.2) is 8.42 Å². The van der Waals surface area contributed by atoms with Gasteiger partial charge in [0.25, 0.3) is 10.0 Å². The predicted molar refractivity (Wildman–Crippen MR) is 131 cm³/mol. The zero-order chi connectivity index (χ0) is 23.3. The molecular formula is C28H23NO3S. The Balaban J connectivity index is 1.83. The Morgan fingerprint density at radius 2 is 1.33 bits per heavy atom. The number of para-hydroxylation sites is 1. The third-order valence-corrected chi connectivity index (χ3v) is 6.63. The van der Waals surface area contributed by atoms with Gasteiger partial charge in [0.05, 0.1) is 10.6 Å². The quantitative estimate of drug-likeness (QED) is 0.414.